The van der Waals surface area contributed by atoms with Crippen LogP contribution in [-0.4, -0.2) is 9.55 Å². The Morgan fingerprint density at radius 3 is 2.89 bits per heavy atom. The average Bonchev–Trinajstić information content (AvgIpc) is 3.05. The van der Waals surface area contributed by atoms with E-state index in [2.05, 4.69) is 46.2 Å². The summed E-state index contributed by atoms with van der Waals surface area (Å²) in [7, 11) is 0. The van der Waals surface area contributed by atoms with Crippen molar-refractivity contribution in [2.45, 2.75) is 25.3 Å². The quantitative estimate of drug-likeness (QED) is 0.670. The first-order chi connectivity index (χ1) is 9.33. The molecule has 1 aromatic carbocycles. The van der Waals surface area contributed by atoms with Gasteiger partial charge in [-0.1, -0.05) is 11.6 Å². The molecule has 0 fully saturated rings. The van der Waals surface area contributed by atoms with Gasteiger partial charge in [0.1, 0.15) is 0 Å². The lowest BCUT2D eigenvalue weighted by molar-refractivity contribution is 0.484. The van der Waals surface area contributed by atoms with Crippen molar-refractivity contribution in [2.24, 2.45) is 0 Å². The number of hydrogen-bond acceptors (Lipinski definition) is 0. The van der Waals surface area contributed by atoms with Crippen molar-refractivity contribution in [1.82, 2.24) is 9.55 Å². The van der Waals surface area contributed by atoms with Crippen LogP contribution in [0.4, 0.5) is 0 Å². The van der Waals surface area contributed by atoms with E-state index in [0.29, 0.717) is 6.04 Å². The fourth-order valence-corrected chi connectivity index (χ4v) is 3.44. The summed E-state index contributed by atoms with van der Waals surface area (Å²) in [4.78, 5) is 3.60. The maximum atomic E-state index is 6.13. The molecule has 0 saturated carbocycles. The molecule has 4 rings (SSSR count). The molecule has 0 radical (unpaired) electrons. The molecule has 19 heavy (non-hydrogen) atoms. The highest BCUT2D eigenvalue weighted by atomic mass is 35.5. The fourth-order valence-electron chi connectivity index (χ4n) is 3.26. The number of halogens is 1. The van der Waals surface area contributed by atoms with Gasteiger partial charge >= 0.3 is 0 Å². The predicted molar refractivity (Wildman–Crippen MR) is 78.8 cm³/mol. The van der Waals surface area contributed by atoms with Gasteiger partial charge in [-0.2, -0.15) is 0 Å². The molecule has 2 aromatic heterocycles. The third-order valence-corrected chi connectivity index (χ3v) is 4.36. The normalized spacial score (nSPS) is 18.7. The Hall–Kier alpha value is -1.67. The van der Waals surface area contributed by atoms with E-state index in [1.54, 1.807) is 0 Å². The van der Waals surface area contributed by atoms with Crippen LogP contribution in [-0.2, 0) is 6.42 Å². The van der Waals surface area contributed by atoms with Gasteiger partial charge in [-0.15, -0.1) is 0 Å². The molecule has 3 aromatic rings. The summed E-state index contributed by atoms with van der Waals surface area (Å²) in [5.74, 6) is 0. The van der Waals surface area contributed by atoms with Crippen molar-refractivity contribution < 1.29 is 0 Å². The minimum absolute atomic E-state index is 0.435. The van der Waals surface area contributed by atoms with Crippen molar-refractivity contribution in [2.75, 3.05) is 0 Å². The van der Waals surface area contributed by atoms with Gasteiger partial charge in [0.15, 0.2) is 0 Å². The van der Waals surface area contributed by atoms with Gasteiger partial charge in [0, 0.05) is 34.0 Å². The zero-order valence-electron chi connectivity index (χ0n) is 10.6. The number of aryl methyl sites for hydroxylation is 1. The maximum absolute atomic E-state index is 6.13. The Bertz CT molecular complexity index is 725. The van der Waals surface area contributed by atoms with Gasteiger partial charge in [0.2, 0.25) is 0 Å². The van der Waals surface area contributed by atoms with Crippen molar-refractivity contribution in [1.29, 1.82) is 0 Å². The molecule has 2 heterocycles. The summed E-state index contributed by atoms with van der Waals surface area (Å²) < 4.78 is 2.30. The van der Waals surface area contributed by atoms with Gasteiger partial charge in [0.25, 0.3) is 0 Å². The van der Waals surface area contributed by atoms with E-state index in [1.807, 2.05) is 6.07 Å². The van der Waals surface area contributed by atoms with Crippen molar-refractivity contribution in [3.63, 3.8) is 0 Å². The number of aromatic nitrogens is 2. The highest BCUT2D eigenvalue weighted by molar-refractivity contribution is 6.31. The van der Waals surface area contributed by atoms with Crippen LogP contribution in [0, 0.1) is 0 Å². The minimum Gasteiger partial charge on any atom is -0.356 e. The second kappa shape index (κ2) is 4.17. The van der Waals surface area contributed by atoms with Crippen molar-refractivity contribution in [3.05, 3.63) is 59.0 Å². The predicted octanol–water partition coefficient (Wildman–Crippen LogP) is 4.55. The Morgan fingerprint density at radius 2 is 2.05 bits per heavy atom. The van der Waals surface area contributed by atoms with Gasteiger partial charge in [0.05, 0.1) is 6.04 Å². The van der Waals surface area contributed by atoms with Crippen LogP contribution >= 0.6 is 11.6 Å². The van der Waals surface area contributed by atoms with Crippen molar-refractivity contribution in [3.8, 4) is 0 Å². The molecule has 0 spiro atoms. The Morgan fingerprint density at radius 1 is 1.21 bits per heavy atom. The molecule has 0 amide bonds. The number of nitrogens with zero attached hydrogens (tertiary/aromatic N) is 1. The van der Waals surface area contributed by atoms with E-state index >= 15 is 0 Å². The number of nitrogens with one attached hydrogen (secondary N) is 1. The standard InChI is InChI=1S/C16H15ClN2/c17-11-6-7-14-13(10-11)12-4-3-5-15(16(12)18-14)19-8-1-2-9-19/h1-2,6-10,15,18H,3-5H2. The molecular formula is C16H15ClN2. The van der Waals surface area contributed by atoms with E-state index in [-0.39, 0.29) is 0 Å². The lowest BCUT2D eigenvalue weighted by Crippen LogP contribution is -2.15. The fraction of sp³-hybridized carbons (Fsp3) is 0.250. The zero-order chi connectivity index (χ0) is 12.8. The van der Waals surface area contributed by atoms with E-state index in [4.69, 9.17) is 11.6 Å². The lowest BCUT2D eigenvalue weighted by atomic mass is 9.91. The number of rotatable bonds is 1. The number of H-pyrrole nitrogens is 1. The molecule has 0 aliphatic heterocycles. The van der Waals surface area contributed by atoms with Crippen LogP contribution in [0.2, 0.25) is 5.02 Å². The van der Waals surface area contributed by atoms with E-state index in [9.17, 15) is 0 Å². The molecule has 3 heteroatoms. The molecule has 1 aliphatic carbocycles. The van der Waals surface area contributed by atoms with Crippen LogP contribution in [0.3, 0.4) is 0 Å². The summed E-state index contributed by atoms with van der Waals surface area (Å²) in [5, 5.41) is 2.11. The largest absolute Gasteiger partial charge is 0.356 e. The van der Waals surface area contributed by atoms with Crippen LogP contribution in [0.15, 0.2) is 42.7 Å². The van der Waals surface area contributed by atoms with E-state index in [0.717, 1.165) is 11.4 Å². The molecule has 1 aliphatic rings. The molecule has 2 nitrogen and oxygen atoms in total. The third kappa shape index (κ3) is 1.71. The Balaban J connectivity index is 1.94. The second-order valence-electron chi connectivity index (χ2n) is 5.25. The summed E-state index contributed by atoms with van der Waals surface area (Å²) in [6.07, 6.45) is 7.88. The first kappa shape index (κ1) is 11.2. The highest BCUT2D eigenvalue weighted by Gasteiger charge is 2.24. The minimum atomic E-state index is 0.435. The van der Waals surface area contributed by atoms with Crippen LogP contribution in [0.1, 0.15) is 30.1 Å². The summed E-state index contributed by atoms with van der Waals surface area (Å²) in [6, 6.07) is 10.7. The smallest absolute Gasteiger partial charge is 0.0732 e. The Labute approximate surface area is 117 Å². The molecule has 0 bridgehead atoms. The lowest BCUT2D eigenvalue weighted by Gasteiger charge is -2.24. The number of hydrogen-bond donors (Lipinski definition) is 1. The van der Waals surface area contributed by atoms with Gasteiger partial charge in [-0.25, -0.2) is 0 Å². The van der Waals surface area contributed by atoms with Crippen LogP contribution < -0.4 is 0 Å². The van der Waals surface area contributed by atoms with Gasteiger partial charge < -0.3 is 9.55 Å². The summed E-state index contributed by atoms with van der Waals surface area (Å²) >= 11 is 6.13. The summed E-state index contributed by atoms with van der Waals surface area (Å²) in [6.45, 7) is 0. The van der Waals surface area contributed by atoms with Gasteiger partial charge in [-0.3, -0.25) is 0 Å². The second-order valence-corrected chi connectivity index (χ2v) is 5.68. The molecule has 1 unspecified atom stereocenters. The van der Waals surface area contributed by atoms with E-state index in [1.165, 1.54) is 35.0 Å². The van der Waals surface area contributed by atoms with Gasteiger partial charge in [-0.05, 0) is 55.2 Å². The third-order valence-electron chi connectivity index (χ3n) is 4.13. The molecule has 0 saturated heterocycles. The first-order valence-corrected chi connectivity index (χ1v) is 7.13. The van der Waals surface area contributed by atoms with E-state index < -0.39 is 0 Å². The molecule has 1 atom stereocenters. The Kier molecular flexibility index (Phi) is 2.46. The highest BCUT2D eigenvalue weighted by Crippen LogP contribution is 2.37. The average molecular weight is 271 g/mol. The molecule has 96 valence electrons. The summed E-state index contributed by atoms with van der Waals surface area (Å²) in [5.41, 5.74) is 4.01. The topological polar surface area (TPSA) is 20.7 Å². The van der Waals surface area contributed by atoms with Crippen LogP contribution in [0.5, 0.6) is 0 Å². The van der Waals surface area contributed by atoms with Crippen LogP contribution in [0.25, 0.3) is 10.9 Å². The SMILES string of the molecule is Clc1ccc2[nH]c3c(c2c1)CCCC3n1cccc1. The monoisotopic (exact) mass is 270 g/mol. The number of benzene rings is 1. The maximum Gasteiger partial charge on any atom is 0.0732 e. The molecular weight excluding hydrogens is 256 g/mol. The number of fused-ring (bicyclic) bond motifs is 3. The van der Waals surface area contributed by atoms with Crippen molar-refractivity contribution >= 4 is 22.5 Å². The first-order valence-electron chi connectivity index (χ1n) is 6.75. The number of aromatic amines is 1. The molecule has 1 N–H and O–H groups in total. The zero-order valence-corrected chi connectivity index (χ0v) is 11.3.